The SMILES string of the molecule is COc1ccc2c(CC(=O)N(Cc3ccco3)C3CC3)coc2c1. The van der Waals surface area contributed by atoms with E-state index in [9.17, 15) is 4.79 Å². The molecule has 124 valence electrons. The summed E-state index contributed by atoms with van der Waals surface area (Å²) in [6, 6.07) is 9.75. The first kappa shape index (κ1) is 14.9. The molecule has 1 amide bonds. The fourth-order valence-electron chi connectivity index (χ4n) is 2.97. The van der Waals surface area contributed by atoms with E-state index in [0.717, 1.165) is 40.9 Å². The van der Waals surface area contributed by atoms with Gasteiger partial charge in [0.1, 0.15) is 17.1 Å². The van der Waals surface area contributed by atoms with Gasteiger partial charge in [-0.25, -0.2) is 0 Å². The monoisotopic (exact) mass is 325 g/mol. The minimum atomic E-state index is 0.104. The zero-order valence-electron chi connectivity index (χ0n) is 13.5. The second-order valence-electron chi connectivity index (χ2n) is 6.13. The van der Waals surface area contributed by atoms with Crippen molar-refractivity contribution in [1.29, 1.82) is 0 Å². The number of hydrogen-bond donors (Lipinski definition) is 0. The lowest BCUT2D eigenvalue weighted by molar-refractivity contribution is -0.131. The van der Waals surface area contributed by atoms with Gasteiger partial charge >= 0.3 is 0 Å². The number of fused-ring (bicyclic) bond motifs is 1. The Labute approximate surface area is 139 Å². The number of nitrogens with zero attached hydrogens (tertiary/aromatic N) is 1. The molecule has 5 heteroatoms. The van der Waals surface area contributed by atoms with Gasteiger partial charge in [0.15, 0.2) is 0 Å². The number of hydrogen-bond acceptors (Lipinski definition) is 4. The maximum Gasteiger partial charge on any atom is 0.227 e. The quantitative estimate of drug-likeness (QED) is 0.692. The van der Waals surface area contributed by atoms with Gasteiger partial charge in [0.25, 0.3) is 0 Å². The highest BCUT2D eigenvalue weighted by Gasteiger charge is 2.33. The van der Waals surface area contributed by atoms with Gasteiger partial charge in [-0.1, -0.05) is 0 Å². The minimum absolute atomic E-state index is 0.104. The van der Waals surface area contributed by atoms with Crippen LogP contribution in [0.25, 0.3) is 11.0 Å². The van der Waals surface area contributed by atoms with Gasteiger partial charge in [-0.15, -0.1) is 0 Å². The van der Waals surface area contributed by atoms with Gasteiger partial charge in [0, 0.05) is 23.1 Å². The molecule has 0 bridgehead atoms. The molecule has 0 aliphatic heterocycles. The molecule has 4 rings (SSSR count). The summed E-state index contributed by atoms with van der Waals surface area (Å²) in [7, 11) is 1.62. The maximum absolute atomic E-state index is 12.8. The third-order valence-corrected chi connectivity index (χ3v) is 4.42. The topological polar surface area (TPSA) is 55.8 Å². The van der Waals surface area contributed by atoms with Crippen LogP contribution in [-0.2, 0) is 17.8 Å². The van der Waals surface area contributed by atoms with Crippen molar-refractivity contribution in [2.75, 3.05) is 7.11 Å². The second-order valence-corrected chi connectivity index (χ2v) is 6.13. The summed E-state index contributed by atoms with van der Waals surface area (Å²) in [5.41, 5.74) is 1.64. The molecule has 1 aliphatic carbocycles. The summed E-state index contributed by atoms with van der Waals surface area (Å²) in [5, 5.41) is 0.956. The van der Waals surface area contributed by atoms with Crippen LogP contribution in [0, 0.1) is 0 Å². The van der Waals surface area contributed by atoms with Gasteiger partial charge in [0.2, 0.25) is 5.91 Å². The van der Waals surface area contributed by atoms with Crippen LogP contribution in [0.1, 0.15) is 24.2 Å². The predicted molar refractivity (Wildman–Crippen MR) is 88.8 cm³/mol. The minimum Gasteiger partial charge on any atom is -0.497 e. The van der Waals surface area contributed by atoms with Crippen molar-refractivity contribution in [3.63, 3.8) is 0 Å². The first-order valence-electron chi connectivity index (χ1n) is 8.10. The van der Waals surface area contributed by atoms with Crippen molar-refractivity contribution >= 4 is 16.9 Å². The highest BCUT2D eigenvalue weighted by atomic mass is 16.5. The summed E-state index contributed by atoms with van der Waals surface area (Å²) in [5.74, 6) is 1.66. The number of carbonyl (C=O) groups is 1. The van der Waals surface area contributed by atoms with E-state index in [0.29, 0.717) is 19.0 Å². The molecular formula is C19H19NO4. The van der Waals surface area contributed by atoms with E-state index >= 15 is 0 Å². The molecule has 0 saturated heterocycles. The van der Waals surface area contributed by atoms with Crippen molar-refractivity contribution in [2.45, 2.75) is 31.8 Å². The molecule has 2 heterocycles. The van der Waals surface area contributed by atoms with Crippen LogP contribution < -0.4 is 4.74 Å². The smallest absolute Gasteiger partial charge is 0.227 e. The fraction of sp³-hybridized carbons (Fsp3) is 0.316. The number of methoxy groups -OCH3 is 1. The van der Waals surface area contributed by atoms with Crippen LogP contribution in [0.2, 0.25) is 0 Å². The first-order valence-corrected chi connectivity index (χ1v) is 8.10. The second kappa shape index (κ2) is 6.07. The number of ether oxygens (including phenoxy) is 1. The summed E-state index contributed by atoms with van der Waals surface area (Å²) in [6.07, 6.45) is 5.77. The Balaban J connectivity index is 1.54. The number of rotatable bonds is 6. The first-order chi connectivity index (χ1) is 11.7. The molecule has 2 aromatic heterocycles. The Hall–Kier alpha value is -2.69. The third kappa shape index (κ3) is 2.89. The molecular weight excluding hydrogens is 306 g/mol. The van der Waals surface area contributed by atoms with E-state index in [1.807, 2.05) is 35.2 Å². The van der Waals surface area contributed by atoms with Crippen LogP contribution in [0.4, 0.5) is 0 Å². The zero-order chi connectivity index (χ0) is 16.5. The van der Waals surface area contributed by atoms with Crippen LogP contribution in [-0.4, -0.2) is 24.0 Å². The average Bonchev–Trinajstić information content (AvgIpc) is 3.16. The molecule has 3 aromatic rings. The highest BCUT2D eigenvalue weighted by molar-refractivity contribution is 5.88. The lowest BCUT2D eigenvalue weighted by Gasteiger charge is -2.21. The Bertz CT molecular complexity index is 846. The number of furan rings is 2. The third-order valence-electron chi connectivity index (χ3n) is 4.42. The Kier molecular flexibility index (Phi) is 3.76. The molecule has 1 saturated carbocycles. The van der Waals surface area contributed by atoms with E-state index in [4.69, 9.17) is 13.6 Å². The Morgan fingerprint density at radius 1 is 1.29 bits per heavy atom. The maximum atomic E-state index is 12.8. The molecule has 0 N–H and O–H groups in total. The largest absolute Gasteiger partial charge is 0.497 e. The molecule has 1 aromatic carbocycles. The Morgan fingerprint density at radius 2 is 2.17 bits per heavy atom. The van der Waals surface area contributed by atoms with Crippen LogP contribution >= 0.6 is 0 Å². The van der Waals surface area contributed by atoms with E-state index < -0.39 is 0 Å². The molecule has 1 fully saturated rings. The summed E-state index contributed by atoms with van der Waals surface area (Å²) in [4.78, 5) is 14.7. The molecule has 0 radical (unpaired) electrons. The molecule has 0 atom stereocenters. The lowest BCUT2D eigenvalue weighted by Crippen LogP contribution is -2.33. The van der Waals surface area contributed by atoms with Gasteiger partial charge < -0.3 is 18.5 Å². The molecule has 1 aliphatic rings. The average molecular weight is 325 g/mol. The van der Waals surface area contributed by atoms with Gasteiger partial charge in [-0.2, -0.15) is 0 Å². The van der Waals surface area contributed by atoms with Crippen molar-refractivity contribution in [3.05, 3.63) is 54.2 Å². The van der Waals surface area contributed by atoms with Crippen LogP contribution in [0.5, 0.6) is 5.75 Å². The van der Waals surface area contributed by atoms with Crippen molar-refractivity contribution < 1.29 is 18.4 Å². The summed E-state index contributed by atoms with van der Waals surface area (Å²) in [6.45, 7) is 0.528. The number of amides is 1. The Morgan fingerprint density at radius 3 is 2.88 bits per heavy atom. The van der Waals surface area contributed by atoms with Crippen LogP contribution in [0.15, 0.2) is 51.7 Å². The van der Waals surface area contributed by atoms with E-state index in [2.05, 4.69) is 0 Å². The normalized spacial score (nSPS) is 14.0. The van der Waals surface area contributed by atoms with E-state index in [1.165, 1.54) is 0 Å². The highest BCUT2D eigenvalue weighted by Crippen LogP contribution is 2.31. The molecule has 24 heavy (non-hydrogen) atoms. The standard InChI is InChI=1S/C19H19NO4/c1-22-15-6-7-17-13(12-24-18(17)10-15)9-19(21)20(14-4-5-14)11-16-3-2-8-23-16/h2-3,6-8,10,12,14H,4-5,9,11H2,1H3. The van der Waals surface area contributed by atoms with Crippen molar-refractivity contribution in [2.24, 2.45) is 0 Å². The lowest BCUT2D eigenvalue weighted by atomic mass is 10.1. The summed E-state index contributed by atoms with van der Waals surface area (Å²) < 4.78 is 16.2. The number of carbonyl (C=O) groups excluding carboxylic acids is 1. The van der Waals surface area contributed by atoms with Crippen LogP contribution in [0.3, 0.4) is 0 Å². The van der Waals surface area contributed by atoms with Gasteiger partial charge in [0.05, 0.1) is 32.6 Å². The molecule has 0 spiro atoms. The van der Waals surface area contributed by atoms with Gasteiger partial charge in [-0.3, -0.25) is 4.79 Å². The summed E-state index contributed by atoms with van der Waals surface area (Å²) >= 11 is 0. The molecule has 5 nitrogen and oxygen atoms in total. The predicted octanol–water partition coefficient (Wildman–Crippen LogP) is 3.77. The van der Waals surface area contributed by atoms with E-state index in [1.54, 1.807) is 19.6 Å². The van der Waals surface area contributed by atoms with Gasteiger partial charge in [-0.05, 0) is 37.1 Å². The van der Waals surface area contributed by atoms with Crippen molar-refractivity contribution in [1.82, 2.24) is 4.90 Å². The number of benzene rings is 1. The zero-order valence-corrected chi connectivity index (χ0v) is 13.5. The molecule has 0 unspecified atom stereocenters. The van der Waals surface area contributed by atoms with E-state index in [-0.39, 0.29) is 5.91 Å². The van der Waals surface area contributed by atoms with Crippen molar-refractivity contribution in [3.8, 4) is 5.75 Å². The fourth-order valence-corrected chi connectivity index (χ4v) is 2.97.